The van der Waals surface area contributed by atoms with Gasteiger partial charge in [0.1, 0.15) is 0 Å². The number of hydrogen-bond acceptors (Lipinski definition) is 3. The summed E-state index contributed by atoms with van der Waals surface area (Å²) in [6.45, 7) is 3.42. The van der Waals surface area contributed by atoms with Gasteiger partial charge in [-0.3, -0.25) is 4.55 Å². The van der Waals surface area contributed by atoms with E-state index in [0.29, 0.717) is 6.54 Å². The maximum atomic E-state index is 10.4. The molecule has 6 heteroatoms. The van der Waals surface area contributed by atoms with Gasteiger partial charge in [0.05, 0.1) is 5.75 Å². The minimum atomic E-state index is -3.79. The molecule has 0 rings (SSSR count). The van der Waals surface area contributed by atoms with Gasteiger partial charge in [0, 0.05) is 6.54 Å². The lowest BCUT2D eigenvalue weighted by Gasteiger charge is -2.14. The molecule has 0 aliphatic carbocycles. The second kappa shape index (κ2) is 8.91. The quantitative estimate of drug-likeness (QED) is 0.386. The zero-order chi connectivity index (χ0) is 10.3. The van der Waals surface area contributed by atoms with E-state index in [-0.39, 0.29) is 28.8 Å². The molecule has 0 radical (unpaired) electrons. The molecule has 0 saturated heterocycles. The van der Waals surface area contributed by atoms with Gasteiger partial charge in [0.15, 0.2) is 0 Å². The molecule has 0 aromatic rings. The largest absolute Gasteiger partial charge is 0.316 e. The summed E-state index contributed by atoms with van der Waals surface area (Å²) in [6, 6.07) is 0. The van der Waals surface area contributed by atoms with Gasteiger partial charge in [0.25, 0.3) is 10.1 Å². The Bertz CT molecular complexity index is 219. The highest BCUT2D eigenvalue weighted by Gasteiger charge is 2.06. The predicted octanol–water partition coefficient (Wildman–Crippen LogP) is 0.0800. The lowest BCUT2D eigenvalue weighted by atomic mass is 10.2. The van der Waals surface area contributed by atoms with E-state index < -0.39 is 10.1 Å². The van der Waals surface area contributed by atoms with E-state index in [1.807, 2.05) is 11.9 Å². The van der Waals surface area contributed by atoms with E-state index in [2.05, 4.69) is 6.92 Å². The van der Waals surface area contributed by atoms with Crippen molar-refractivity contribution < 1.29 is 13.0 Å². The lowest BCUT2D eigenvalue weighted by molar-refractivity contribution is 0.339. The van der Waals surface area contributed by atoms with Crippen LogP contribution >= 0.6 is 0 Å². The van der Waals surface area contributed by atoms with Gasteiger partial charge >= 0.3 is 23.1 Å². The third-order valence-electron chi connectivity index (χ3n) is 1.87. The van der Waals surface area contributed by atoms with Crippen molar-refractivity contribution in [3.63, 3.8) is 0 Å². The van der Waals surface area contributed by atoms with Crippen molar-refractivity contribution in [2.45, 2.75) is 26.2 Å². The molecular weight excluding hydrogens is 214 g/mol. The summed E-state index contributed by atoms with van der Waals surface area (Å²) in [5, 5.41) is 0. The minimum Gasteiger partial charge on any atom is -0.305 e. The summed E-state index contributed by atoms with van der Waals surface area (Å²) in [5.74, 6) is -0.171. The van der Waals surface area contributed by atoms with E-state index in [4.69, 9.17) is 4.55 Å². The Kier molecular flexibility index (Phi) is 10.8. The summed E-state index contributed by atoms with van der Waals surface area (Å²) in [4.78, 5) is 1.92. The minimum absolute atomic E-state index is 0. The molecule has 0 aromatic heterocycles. The molecule has 0 atom stereocenters. The topological polar surface area (TPSA) is 57.6 Å². The average molecular weight is 236 g/mol. The van der Waals surface area contributed by atoms with Crippen molar-refractivity contribution in [2.24, 2.45) is 0 Å². The van der Waals surface area contributed by atoms with Crippen LogP contribution in [0.2, 0.25) is 0 Å². The van der Waals surface area contributed by atoms with E-state index in [1.54, 1.807) is 0 Å². The first-order chi connectivity index (χ1) is 5.95. The predicted molar refractivity (Wildman–Crippen MR) is 62.0 cm³/mol. The Hall–Kier alpha value is 0.636. The highest BCUT2D eigenvalue weighted by molar-refractivity contribution is 7.85. The number of nitrogens with zero attached hydrogens (tertiary/aromatic N) is 1. The van der Waals surface area contributed by atoms with Crippen LogP contribution in [0.5, 0.6) is 0 Å². The Balaban J connectivity index is 0. The van der Waals surface area contributed by atoms with Crippen molar-refractivity contribution in [2.75, 3.05) is 25.9 Å². The third kappa shape index (κ3) is 12.6. The van der Waals surface area contributed by atoms with E-state index in [1.165, 1.54) is 0 Å². The van der Waals surface area contributed by atoms with Crippen LogP contribution in [0.3, 0.4) is 0 Å². The molecule has 0 aliphatic heterocycles. The van der Waals surface area contributed by atoms with E-state index >= 15 is 0 Å². The van der Waals surface area contributed by atoms with Gasteiger partial charge in [-0.15, -0.1) is 0 Å². The fraction of sp³-hybridized carbons (Fsp3) is 1.00. The first-order valence-corrected chi connectivity index (χ1v) is 6.20. The van der Waals surface area contributed by atoms with Gasteiger partial charge in [-0.05, 0) is 20.0 Å². The van der Waals surface area contributed by atoms with Crippen LogP contribution < -0.4 is 0 Å². The monoisotopic (exact) mass is 235 g/mol. The standard InChI is InChI=1S/C8H19NO3S.Mg.2H/c1-3-4-5-6-9(2)7-8-13(10,11)12;;;/h3-8H2,1-2H3,(H,10,11,12);;;. The van der Waals surface area contributed by atoms with Gasteiger partial charge < -0.3 is 4.90 Å². The summed E-state index contributed by atoms with van der Waals surface area (Å²) >= 11 is 0. The van der Waals surface area contributed by atoms with Crippen LogP contribution in [0.1, 0.15) is 26.2 Å². The Labute approximate surface area is 103 Å². The molecule has 0 heterocycles. The number of hydrogen-bond donors (Lipinski definition) is 1. The smallest absolute Gasteiger partial charge is 0.305 e. The van der Waals surface area contributed by atoms with Crippen molar-refractivity contribution in [1.29, 1.82) is 0 Å². The fourth-order valence-corrected chi connectivity index (χ4v) is 1.56. The van der Waals surface area contributed by atoms with Gasteiger partial charge in [-0.25, -0.2) is 0 Å². The fourth-order valence-electron chi connectivity index (χ4n) is 1.01. The molecule has 14 heavy (non-hydrogen) atoms. The SMILES string of the molecule is CCCCCN(C)CCS(=O)(=O)O.[MgH2]. The summed E-state index contributed by atoms with van der Waals surface area (Å²) in [7, 11) is -1.93. The molecule has 0 spiro atoms. The van der Waals surface area contributed by atoms with Crippen molar-refractivity contribution in [3.05, 3.63) is 0 Å². The Morgan fingerprint density at radius 3 is 2.21 bits per heavy atom. The third-order valence-corrected chi connectivity index (χ3v) is 2.57. The normalized spacial score (nSPS) is 11.4. The van der Waals surface area contributed by atoms with Gasteiger partial charge in [-0.2, -0.15) is 8.42 Å². The first kappa shape index (κ1) is 17.0. The second-order valence-electron chi connectivity index (χ2n) is 3.30. The highest BCUT2D eigenvalue weighted by Crippen LogP contribution is 1.96. The van der Waals surface area contributed by atoms with Crippen molar-refractivity contribution >= 4 is 33.2 Å². The molecule has 0 bridgehead atoms. The molecule has 84 valence electrons. The molecule has 1 N–H and O–H groups in total. The maximum absolute atomic E-state index is 10.4. The maximum Gasteiger partial charge on any atom is 0.316 e. The molecule has 0 aliphatic rings. The molecule has 0 fully saturated rings. The van der Waals surface area contributed by atoms with E-state index in [0.717, 1.165) is 25.8 Å². The van der Waals surface area contributed by atoms with Crippen LogP contribution in [-0.2, 0) is 10.1 Å². The van der Waals surface area contributed by atoms with Gasteiger partial charge in [0.2, 0.25) is 0 Å². The first-order valence-electron chi connectivity index (χ1n) is 4.59. The van der Waals surface area contributed by atoms with Crippen LogP contribution in [0, 0.1) is 0 Å². The Morgan fingerprint density at radius 2 is 1.79 bits per heavy atom. The molecule has 0 amide bonds. The summed E-state index contributed by atoms with van der Waals surface area (Å²) in [5.41, 5.74) is 0. The zero-order valence-corrected chi connectivity index (χ0v) is 9.18. The summed E-state index contributed by atoms with van der Waals surface area (Å²) in [6.07, 6.45) is 3.40. The van der Waals surface area contributed by atoms with Crippen LogP contribution in [-0.4, -0.2) is 66.8 Å². The van der Waals surface area contributed by atoms with E-state index in [9.17, 15) is 8.42 Å². The molecule has 0 aromatic carbocycles. The zero-order valence-electron chi connectivity index (χ0n) is 8.36. The summed E-state index contributed by atoms with van der Waals surface area (Å²) < 4.78 is 29.3. The molecule has 0 saturated carbocycles. The Morgan fingerprint density at radius 1 is 1.21 bits per heavy atom. The van der Waals surface area contributed by atoms with Gasteiger partial charge in [-0.1, -0.05) is 19.8 Å². The van der Waals surface area contributed by atoms with Crippen LogP contribution in [0.4, 0.5) is 0 Å². The van der Waals surface area contributed by atoms with Crippen molar-refractivity contribution in [1.82, 2.24) is 4.90 Å². The average Bonchev–Trinajstić information content (AvgIpc) is 2.00. The van der Waals surface area contributed by atoms with Crippen molar-refractivity contribution in [3.8, 4) is 0 Å². The number of unbranched alkanes of at least 4 members (excludes halogenated alkanes) is 2. The lowest BCUT2D eigenvalue weighted by Crippen LogP contribution is -2.26. The molecule has 4 nitrogen and oxygen atoms in total. The van der Waals surface area contributed by atoms with Crippen LogP contribution in [0.15, 0.2) is 0 Å². The molecule has 0 unspecified atom stereocenters. The number of rotatable bonds is 7. The second-order valence-corrected chi connectivity index (χ2v) is 4.87. The molecular formula is C8H21MgNO3S. The highest BCUT2D eigenvalue weighted by atomic mass is 32.2. The van der Waals surface area contributed by atoms with Crippen LogP contribution in [0.25, 0.3) is 0 Å².